The first-order valence-corrected chi connectivity index (χ1v) is 15.0. The van der Waals surface area contributed by atoms with Gasteiger partial charge in [0.2, 0.25) is 0 Å². The van der Waals surface area contributed by atoms with E-state index >= 15 is 0 Å². The van der Waals surface area contributed by atoms with Crippen molar-refractivity contribution < 1.29 is 28.8 Å². The van der Waals surface area contributed by atoms with Crippen molar-refractivity contribution >= 4 is 23.4 Å². The van der Waals surface area contributed by atoms with Crippen molar-refractivity contribution in [3.05, 3.63) is 39.9 Å². The summed E-state index contributed by atoms with van der Waals surface area (Å²) < 4.78 is 10.7. The maximum Gasteiger partial charge on any atom is 0.338 e. The molecule has 0 aromatic heterocycles. The first-order valence-electron chi connectivity index (χ1n) is 15.0. The number of esters is 2. The van der Waals surface area contributed by atoms with Crippen molar-refractivity contribution in [3.8, 4) is 0 Å². The Balaban J connectivity index is 1.25. The highest BCUT2D eigenvalue weighted by molar-refractivity contribution is 5.90. The maximum atomic E-state index is 13.8. The second kappa shape index (κ2) is 10.9. The molecular formula is C32H43NO7. The van der Waals surface area contributed by atoms with Gasteiger partial charge in [0.25, 0.3) is 5.69 Å². The van der Waals surface area contributed by atoms with E-state index in [1.807, 2.05) is 0 Å². The Morgan fingerprint density at radius 3 is 2.40 bits per heavy atom. The van der Waals surface area contributed by atoms with Gasteiger partial charge in [0.05, 0.1) is 17.6 Å². The van der Waals surface area contributed by atoms with Gasteiger partial charge in [-0.15, -0.1) is 0 Å². The van der Waals surface area contributed by atoms with E-state index < -0.39 is 10.9 Å². The summed E-state index contributed by atoms with van der Waals surface area (Å²) in [5, 5.41) is 10.9. The molecule has 8 nitrogen and oxygen atoms in total. The summed E-state index contributed by atoms with van der Waals surface area (Å²) >= 11 is 0. The van der Waals surface area contributed by atoms with Gasteiger partial charge < -0.3 is 9.47 Å². The van der Waals surface area contributed by atoms with Crippen LogP contribution in [0.5, 0.6) is 0 Å². The molecule has 9 atom stereocenters. The fraction of sp³-hybridized carbons (Fsp3) is 0.719. The van der Waals surface area contributed by atoms with E-state index in [0.29, 0.717) is 54.6 Å². The van der Waals surface area contributed by atoms with Crippen LogP contribution in [0.1, 0.15) is 95.3 Å². The van der Waals surface area contributed by atoms with Gasteiger partial charge >= 0.3 is 11.9 Å². The van der Waals surface area contributed by atoms with Crippen LogP contribution < -0.4 is 0 Å². The van der Waals surface area contributed by atoms with Gasteiger partial charge in [0.15, 0.2) is 0 Å². The summed E-state index contributed by atoms with van der Waals surface area (Å²) in [6.45, 7) is 7.05. The lowest BCUT2D eigenvalue weighted by atomic mass is 9.44. The Bertz CT molecular complexity index is 1160. The van der Waals surface area contributed by atoms with E-state index in [9.17, 15) is 24.5 Å². The van der Waals surface area contributed by atoms with E-state index in [1.165, 1.54) is 44.2 Å². The number of nitro benzene ring substituents is 1. The highest BCUT2D eigenvalue weighted by atomic mass is 16.6. The third-order valence-corrected chi connectivity index (χ3v) is 11.8. The van der Waals surface area contributed by atoms with Crippen molar-refractivity contribution in [2.24, 2.45) is 46.3 Å². The average molecular weight is 554 g/mol. The summed E-state index contributed by atoms with van der Waals surface area (Å²) in [6, 6.07) is 5.47. The molecule has 4 aliphatic rings. The molecule has 0 saturated heterocycles. The Morgan fingerprint density at radius 2 is 1.73 bits per heavy atom. The minimum Gasteiger partial charge on any atom is -0.469 e. The number of nitro groups is 1. The number of hydrogen-bond acceptors (Lipinski definition) is 7. The topological polar surface area (TPSA) is 113 Å². The molecule has 4 fully saturated rings. The Morgan fingerprint density at radius 1 is 1.05 bits per heavy atom. The molecule has 0 spiro atoms. The number of hydrogen-bond donors (Lipinski definition) is 0. The van der Waals surface area contributed by atoms with Crippen LogP contribution >= 0.6 is 0 Å². The fourth-order valence-electron chi connectivity index (χ4n) is 9.67. The van der Waals surface area contributed by atoms with Crippen LogP contribution in [0.4, 0.5) is 5.69 Å². The van der Waals surface area contributed by atoms with E-state index in [-0.39, 0.29) is 40.1 Å². The maximum absolute atomic E-state index is 13.8. The minimum atomic E-state index is -0.496. The molecule has 5 rings (SSSR count). The SMILES string of the molecule is COC(=O)CC[C@@H](C)[C@H]1CC[C@H]2[C@@H]3CC(=O)[C@@H]4C[C@H](OC(=O)c5ccc([N+](=O)[O-])cc5)CC[C@]4(C)[C@H]3CC[C@]12C. The molecule has 4 saturated carbocycles. The molecule has 0 unspecified atom stereocenters. The normalized spacial score (nSPS) is 37.5. The van der Waals surface area contributed by atoms with Gasteiger partial charge in [-0.2, -0.15) is 0 Å². The van der Waals surface area contributed by atoms with Crippen LogP contribution in [-0.4, -0.2) is 35.9 Å². The standard InChI is InChI=1S/C32H43NO7/c1-19(5-12-29(35)39-4)24-10-11-25-23-18-28(34)27-17-22(13-15-32(27,3)26(23)14-16-31(24,25)2)40-30(36)20-6-8-21(9-7-20)33(37)38/h6-9,19,22-27H,5,10-18H2,1-4H3/t19-,22-,23+,24-,25+,26+,27+,31-,32-/m1/s1. The van der Waals surface area contributed by atoms with Gasteiger partial charge in [0, 0.05) is 30.9 Å². The molecule has 0 bridgehead atoms. The first kappa shape index (κ1) is 28.7. The van der Waals surface area contributed by atoms with Crippen molar-refractivity contribution in [2.45, 2.75) is 91.1 Å². The second-order valence-corrected chi connectivity index (χ2v) is 13.5. The van der Waals surface area contributed by atoms with Crippen LogP contribution in [0, 0.1) is 56.5 Å². The third-order valence-electron chi connectivity index (χ3n) is 11.8. The number of ketones is 1. The predicted molar refractivity (Wildman–Crippen MR) is 148 cm³/mol. The van der Waals surface area contributed by atoms with Gasteiger partial charge in [0.1, 0.15) is 11.9 Å². The van der Waals surface area contributed by atoms with E-state index in [2.05, 4.69) is 20.8 Å². The summed E-state index contributed by atoms with van der Waals surface area (Å²) in [5.74, 6) is 2.07. The Labute approximate surface area is 236 Å². The number of ether oxygens (including phenoxy) is 2. The molecule has 0 heterocycles. The highest BCUT2D eigenvalue weighted by Crippen LogP contribution is 2.68. The smallest absolute Gasteiger partial charge is 0.338 e. The average Bonchev–Trinajstić information content (AvgIpc) is 3.29. The van der Waals surface area contributed by atoms with Gasteiger partial charge in [-0.3, -0.25) is 19.7 Å². The highest BCUT2D eigenvalue weighted by Gasteiger charge is 2.62. The largest absolute Gasteiger partial charge is 0.469 e. The summed E-state index contributed by atoms with van der Waals surface area (Å²) in [7, 11) is 1.45. The molecule has 0 amide bonds. The van der Waals surface area contributed by atoms with Crippen LogP contribution in [0.15, 0.2) is 24.3 Å². The summed E-state index contributed by atoms with van der Waals surface area (Å²) in [6.07, 6.45) is 8.41. The lowest BCUT2D eigenvalue weighted by Gasteiger charge is -2.60. The number of nitrogens with zero attached hydrogens (tertiary/aromatic N) is 1. The van der Waals surface area contributed by atoms with Gasteiger partial charge in [-0.25, -0.2) is 4.79 Å². The third kappa shape index (κ3) is 4.96. The van der Waals surface area contributed by atoms with Crippen molar-refractivity contribution in [2.75, 3.05) is 7.11 Å². The molecule has 40 heavy (non-hydrogen) atoms. The molecule has 1 aromatic rings. The lowest BCUT2D eigenvalue weighted by molar-refractivity contribution is -0.384. The van der Waals surface area contributed by atoms with Gasteiger partial charge in [-0.1, -0.05) is 20.8 Å². The van der Waals surface area contributed by atoms with Crippen LogP contribution in [0.3, 0.4) is 0 Å². The summed E-state index contributed by atoms with van der Waals surface area (Å²) in [4.78, 5) is 48.7. The number of methoxy groups -OCH3 is 1. The van der Waals surface area contributed by atoms with Gasteiger partial charge in [-0.05, 0) is 104 Å². The fourth-order valence-corrected chi connectivity index (χ4v) is 9.67. The minimum absolute atomic E-state index is 0.0693. The van der Waals surface area contributed by atoms with Crippen molar-refractivity contribution in [3.63, 3.8) is 0 Å². The predicted octanol–water partition coefficient (Wildman–Crippen LogP) is 6.55. The molecule has 0 radical (unpaired) electrons. The number of Topliss-reactive ketones (excluding diaryl/α,β-unsaturated/α-hetero) is 1. The number of fused-ring (bicyclic) bond motifs is 5. The van der Waals surface area contributed by atoms with E-state index in [0.717, 1.165) is 32.1 Å². The Kier molecular flexibility index (Phi) is 7.83. The zero-order valence-corrected chi connectivity index (χ0v) is 24.2. The Hall–Kier alpha value is -2.77. The van der Waals surface area contributed by atoms with E-state index in [4.69, 9.17) is 9.47 Å². The zero-order valence-electron chi connectivity index (χ0n) is 24.2. The van der Waals surface area contributed by atoms with Crippen molar-refractivity contribution in [1.82, 2.24) is 0 Å². The molecule has 4 aliphatic carbocycles. The number of rotatable bonds is 7. The van der Waals surface area contributed by atoms with Crippen molar-refractivity contribution in [1.29, 1.82) is 0 Å². The van der Waals surface area contributed by atoms with Crippen LogP contribution in [0.2, 0.25) is 0 Å². The molecular weight excluding hydrogens is 510 g/mol. The van der Waals surface area contributed by atoms with E-state index in [1.54, 1.807) is 0 Å². The number of non-ortho nitro benzene ring substituents is 1. The van der Waals surface area contributed by atoms with Crippen LogP contribution in [-0.2, 0) is 19.1 Å². The first-order chi connectivity index (χ1) is 19.0. The van der Waals surface area contributed by atoms with Crippen LogP contribution in [0.25, 0.3) is 0 Å². The molecule has 0 aliphatic heterocycles. The molecule has 8 heteroatoms. The number of benzene rings is 1. The number of carbonyl (C=O) groups excluding carboxylic acids is 3. The molecule has 218 valence electrons. The molecule has 1 aromatic carbocycles. The lowest BCUT2D eigenvalue weighted by Crippen LogP contribution is -2.57. The summed E-state index contributed by atoms with van der Waals surface area (Å²) in [5.41, 5.74) is 0.349. The second-order valence-electron chi connectivity index (χ2n) is 13.5. The molecule has 0 N–H and O–H groups in total. The quantitative estimate of drug-likeness (QED) is 0.214. The monoisotopic (exact) mass is 553 g/mol. The zero-order chi connectivity index (χ0) is 28.8. The number of carbonyl (C=O) groups is 3.